The number of nitrogens with one attached hydrogen (secondary N) is 2. The molecule has 6 rings (SSSR count). The summed E-state index contributed by atoms with van der Waals surface area (Å²) < 4.78 is 67.8. The minimum atomic E-state index is -4.91. The predicted molar refractivity (Wildman–Crippen MR) is 266 cm³/mol. The van der Waals surface area contributed by atoms with Crippen LogP contribution in [0.3, 0.4) is 0 Å². The molecule has 380 valence electrons. The fourth-order valence-electron chi connectivity index (χ4n) is 8.66. The molecule has 2 aliphatic heterocycles. The summed E-state index contributed by atoms with van der Waals surface area (Å²) in [6.45, 7) is 13.7. The Balaban J connectivity index is 0.879. The molecule has 0 radical (unpaired) electrons. The van der Waals surface area contributed by atoms with E-state index in [0.29, 0.717) is 38.6 Å². The number of thiocarbonyl (C=S) groups is 1. The maximum absolute atomic E-state index is 15.3. The van der Waals surface area contributed by atoms with Gasteiger partial charge in [0.1, 0.15) is 30.3 Å². The van der Waals surface area contributed by atoms with E-state index < -0.39 is 58.1 Å². The highest BCUT2D eigenvalue weighted by Crippen LogP contribution is 2.40. The van der Waals surface area contributed by atoms with E-state index in [1.54, 1.807) is 16.2 Å². The molecular formula is C51H60F4N8O6S2. The topological polar surface area (TPSA) is 170 Å². The Morgan fingerprint density at radius 3 is 2.28 bits per heavy atom. The summed E-state index contributed by atoms with van der Waals surface area (Å²) in [5.41, 5.74) is 0.495. The third-order valence-electron chi connectivity index (χ3n) is 12.5. The monoisotopic (exact) mass is 1020 g/mol. The first kappa shape index (κ1) is 54.3. The van der Waals surface area contributed by atoms with E-state index in [1.807, 2.05) is 64.4 Å². The molecule has 2 aromatic heterocycles. The number of carbonyl (C=O) groups is 4. The van der Waals surface area contributed by atoms with E-state index in [2.05, 4.69) is 20.6 Å². The van der Waals surface area contributed by atoms with Crippen LogP contribution in [0.15, 0.2) is 60.2 Å². The highest BCUT2D eigenvalue weighted by molar-refractivity contribution is 7.81. The van der Waals surface area contributed by atoms with Crippen LogP contribution in [0, 0.1) is 35.4 Å². The Labute approximate surface area is 421 Å². The molecule has 20 heteroatoms. The normalized spacial score (nSPS) is 17.4. The fourth-order valence-corrected chi connectivity index (χ4v) is 9.99. The van der Waals surface area contributed by atoms with Crippen LogP contribution in [-0.2, 0) is 36.6 Å². The number of anilines is 2. The van der Waals surface area contributed by atoms with Gasteiger partial charge in [0, 0.05) is 31.5 Å². The molecule has 2 aromatic carbocycles. The van der Waals surface area contributed by atoms with E-state index in [-0.39, 0.29) is 53.2 Å². The molecule has 2 aliphatic rings. The van der Waals surface area contributed by atoms with Crippen LogP contribution in [0.4, 0.5) is 28.9 Å². The van der Waals surface area contributed by atoms with E-state index in [1.165, 1.54) is 36.9 Å². The van der Waals surface area contributed by atoms with Crippen molar-refractivity contribution in [3.63, 3.8) is 0 Å². The van der Waals surface area contributed by atoms with Crippen molar-refractivity contribution >= 4 is 63.7 Å². The number of aromatic nitrogens is 2. The molecule has 2 fully saturated rings. The summed E-state index contributed by atoms with van der Waals surface area (Å²) in [4.78, 5) is 67.1. The molecule has 0 aliphatic carbocycles. The number of thiazole rings is 1. The quantitative estimate of drug-likeness (QED) is 0.0492. The Kier molecular flexibility index (Phi) is 17.6. The number of pyridine rings is 1. The van der Waals surface area contributed by atoms with Gasteiger partial charge in [0.05, 0.1) is 40.1 Å². The molecule has 14 nitrogen and oxygen atoms in total. The molecule has 2 saturated heterocycles. The van der Waals surface area contributed by atoms with Crippen molar-refractivity contribution in [2.24, 2.45) is 11.3 Å². The lowest BCUT2D eigenvalue weighted by molar-refractivity contribution is -0.144. The molecule has 0 bridgehead atoms. The molecule has 0 saturated carbocycles. The molecule has 71 heavy (non-hydrogen) atoms. The van der Waals surface area contributed by atoms with Gasteiger partial charge in [0.15, 0.2) is 22.4 Å². The number of halogens is 4. The number of nitrogens with zero attached hydrogens (tertiary/aromatic N) is 6. The van der Waals surface area contributed by atoms with E-state index in [9.17, 15) is 32.3 Å². The van der Waals surface area contributed by atoms with Crippen LogP contribution in [0.2, 0.25) is 0 Å². The lowest BCUT2D eigenvalue weighted by Gasteiger charge is -2.35. The van der Waals surface area contributed by atoms with E-state index in [0.717, 1.165) is 71.0 Å². The number of ether oxygens (including phenoxy) is 2. The van der Waals surface area contributed by atoms with Gasteiger partial charge in [-0.3, -0.25) is 24.1 Å². The lowest BCUT2D eigenvalue weighted by Crippen LogP contribution is -2.58. The Morgan fingerprint density at radius 2 is 1.66 bits per heavy atom. The van der Waals surface area contributed by atoms with Crippen molar-refractivity contribution in [1.29, 1.82) is 5.26 Å². The van der Waals surface area contributed by atoms with Gasteiger partial charge in [-0.1, -0.05) is 77.6 Å². The maximum Gasteiger partial charge on any atom is 0.419 e. The number of aryl methyl sites for hydroxylation is 1. The van der Waals surface area contributed by atoms with Gasteiger partial charge in [-0.25, -0.2) is 14.4 Å². The number of amides is 4. The number of nitriles is 1. The maximum atomic E-state index is 15.3. The van der Waals surface area contributed by atoms with Crippen LogP contribution >= 0.6 is 23.6 Å². The van der Waals surface area contributed by atoms with Crippen LogP contribution in [0.1, 0.15) is 109 Å². The first-order chi connectivity index (χ1) is 33.5. The zero-order valence-corrected chi connectivity index (χ0v) is 42.6. The number of alkyl halides is 3. The van der Waals surface area contributed by atoms with E-state index in [4.69, 9.17) is 27.0 Å². The molecule has 4 heterocycles. The minimum Gasteiger partial charge on any atom is -0.491 e. The van der Waals surface area contributed by atoms with Crippen LogP contribution < -0.4 is 25.2 Å². The molecule has 4 amide bonds. The highest BCUT2D eigenvalue weighted by Gasteiger charge is 2.51. The lowest BCUT2D eigenvalue weighted by atomic mass is 9.85. The fraction of sp³-hybridized carbons (Fsp3) is 0.490. The number of likely N-dealkylation sites (tertiary alicyclic amines) is 1. The van der Waals surface area contributed by atoms with Crippen molar-refractivity contribution in [3.8, 4) is 22.3 Å². The summed E-state index contributed by atoms with van der Waals surface area (Å²) in [7, 11) is 0. The largest absolute Gasteiger partial charge is 0.491 e. The SMILES string of the molecule is Cc1ncsc1-c1ccc(CNC(=O)[C@@H]2C[C@@H](C)CN2C(=O)[C@@H](NC(=O)COCCCCCCCCOc2ccc(N3C(=S)N(c4cnc(C#N)c(C(F)(F)F)c4)C(=O)C3(C)C)cc2F)C(C)(C)C)cc1. The van der Waals surface area contributed by atoms with Crippen molar-refractivity contribution in [3.05, 3.63) is 88.6 Å². The predicted octanol–water partition coefficient (Wildman–Crippen LogP) is 9.28. The molecule has 4 aromatic rings. The first-order valence-electron chi connectivity index (χ1n) is 23.6. The number of unbranched alkanes of at least 4 members (excludes halogenated alkanes) is 5. The third kappa shape index (κ3) is 13.1. The average Bonchev–Trinajstić information content (AvgIpc) is 3.98. The van der Waals surface area contributed by atoms with Gasteiger partial charge in [0.25, 0.3) is 5.91 Å². The van der Waals surface area contributed by atoms with Gasteiger partial charge < -0.3 is 29.9 Å². The molecular weight excluding hydrogens is 961 g/mol. The third-order valence-corrected chi connectivity index (χ3v) is 13.8. The first-order valence-corrected chi connectivity index (χ1v) is 24.8. The Bertz CT molecular complexity index is 2630. The minimum absolute atomic E-state index is 0.0142. The van der Waals surface area contributed by atoms with Crippen LogP contribution in [0.5, 0.6) is 5.75 Å². The Hall–Kier alpha value is -6.04. The number of hydrogen-bond donors (Lipinski definition) is 2. The molecule has 0 unspecified atom stereocenters. The molecule has 3 atom stereocenters. The van der Waals surface area contributed by atoms with Crippen molar-refractivity contribution in [1.82, 2.24) is 25.5 Å². The van der Waals surface area contributed by atoms with Gasteiger partial charge in [-0.15, -0.1) is 11.3 Å². The number of benzene rings is 2. The second-order valence-electron chi connectivity index (χ2n) is 19.5. The zero-order valence-electron chi connectivity index (χ0n) is 41.0. The van der Waals surface area contributed by atoms with Crippen LogP contribution in [0.25, 0.3) is 10.4 Å². The van der Waals surface area contributed by atoms with E-state index >= 15 is 4.39 Å². The van der Waals surface area contributed by atoms with Crippen LogP contribution in [-0.4, -0.2) is 87.6 Å². The smallest absolute Gasteiger partial charge is 0.419 e. The van der Waals surface area contributed by atoms with Gasteiger partial charge in [-0.05, 0) is 92.9 Å². The second kappa shape index (κ2) is 23.0. The zero-order chi connectivity index (χ0) is 51.8. The standard InChI is InChI=1S/C51H60F4N8O6S2/c1-31-22-40(45(65)58-26-33-14-16-34(17-15-33)43-32(2)59-30-71-43)61(28-31)46(66)44(49(3,4)5)60-42(64)29-68-20-12-10-8-9-11-13-21-69-41-19-18-35(24-38(41)52)63-48(70)62(47(67)50(63,6)7)36-23-37(51(53,54)55)39(25-56)57-27-36/h14-19,23-24,27,30-31,40,44H,8-13,20-22,26,28-29H2,1-7H3,(H,58,65)(H,60,64)/t31-,40+,44-/m1/s1. The number of rotatable bonds is 20. The highest BCUT2D eigenvalue weighted by atomic mass is 32.1. The van der Waals surface area contributed by atoms with Crippen molar-refractivity contribution < 1.29 is 46.2 Å². The number of carbonyl (C=O) groups excluding carboxylic acids is 4. The van der Waals surface area contributed by atoms with Gasteiger partial charge in [0.2, 0.25) is 17.7 Å². The van der Waals surface area contributed by atoms with Crippen molar-refractivity contribution in [2.75, 3.05) is 36.2 Å². The van der Waals surface area contributed by atoms with Crippen molar-refractivity contribution in [2.45, 2.75) is 124 Å². The molecule has 0 spiro atoms. The summed E-state index contributed by atoms with van der Waals surface area (Å²) in [6, 6.07) is 12.6. The van der Waals surface area contributed by atoms with Gasteiger partial charge >= 0.3 is 6.18 Å². The number of hydrogen-bond acceptors (Lipinski definition) is 11. The summed E-state index contributed by atoms with van der Waals surface area (Å²) in [5, 5.41) is 14.8. The Morgan fingerprint density at radius 1 is 0.986 bits per heavy atom. The molecule has 2 N–H and O–H groups in total. The summed E-state index contributed by atoms with van der Waals surface area (Å²) >= 11 is 7.11. The summed E-state index contributed by atoms with van der Waals surface area (Å²) in [6.07, 6.45) is 1.42. The van der Waals surface area contributed by atoms with Gasteiger partial charge in [-0.2, -0.15) is 18.4 Å². The second-order valence-corrected chi connectivity index (χ2v) is 20.8. The summed E-state index contributed by atoms with van der Waals surface area (Å²) in [5.74, 6) is -2.24. The average molecular weight is 1020 g/mol.